The molecule has 1 aliphatic heterocycles. The summed E-state index contributed by atoms with van der Waals surface area (Å²) in [7, 11) is 0. The Hall–Kier alpha value is -5.50. The van der Waals surface area contributed by atoms with Gasteiger partial charge in [0.25, 0.3) is 5.91 Å². The summed E-state index contributed by atoms with van der Waals surface area (Å²) in [5.74, 6) is 0.300. The van der Waals surface area contributed by atoms with E-state index in [4.69, 9.17) is 4.98 Å². The number of rotatable bonds is 10. The summed E-state index contributed by atoms with van der Waals surface area (Å²) in [6, 6.07) is 33.3. The predicted molar refractivity (Wildman–Crippen MR) is 180 cm³/mol. The van der Waals surface area contributed by atoms with Crippen LogP contribution in [0, 0.1) is 0 Å². The van der Waals surface area contributed by atoms with Crippen LogP contribution in [0.15, 0.2) is 115 Å². The third kappa shape index (κ3) is 6.91. The molecular weight excluding hydrogens is 574 g/mol. The Labute approximate surface area is 268 Å². The molecule has 1 aliphatic rings. The van der Waals surface area contributed by atoms with Crippen LogP contribution in [0.3, 0.4) is 0 Å². The molecular formula is C38H37N5O3. The number of imidazole rings is 1. The fraction of sp³-hybridized carbons (Fsp3) is 0.211. The molecule has 8 heteroatoms. The Bertz CT molecular complexity index is 1780. The number of aromatic amines is 1. The maximum Gasteiger partial charge on any atom is 0.252 e. The molecule has 1 fully saturated rings. The van der Waals surface area contributed by atoms with Crippen LogP contribution in [-0.2, 0) is 9.59 Å². The quantitative estimate of drug-likeness (QED) is 0.154. The van der Waals surface area contributed by atoms with E-state index in [2.05, 4.69) is 27.8 Å². The third-order valence-corrected chi connectivity index (χ3v) is 8.31. The third-order valence-electron chi connectivity index (χ3n) is 8.31. The van der Waals surface area contributed by atoms with Crippen molar-refractivity contribution in [3.63, 3.8) is 0 Å². The number of nitrogens with one attached hydrogen (secondary N) is 3. The lowest BCUT2D eigenvalue weighted by Crippen LogP contribution is -2.43. The van der Waals surface area contributed by atoms with Crippen molar-refractivity contribution in [2.24, 2.45) is 0 Å². The van der Waals surface area contributed by atoms with E-state index in [1.54, 1.807) is 24.3 Å². The molecule has 2 atom stereocenters. The summed E-state index contributed by atoms with van der Waals surface area (Å²) >= 11 is 0. The number of H-pyrrole nitrogens is 1. The summed E-state index contributed by atoms with van der Waals surface area (Å²) in [6.07, 6.45) is 4.76. The molecule has 1 aromatic heterocycles. The number of hydrogen-bond donors (Lipinski definition) is 3. The lowest BCUT2D eigenvalue weighted by molar-refractivity contribution is -0.134. The molecule has 0 spiro atoms. The normalized spacial score (nSPS) is 14.9. The van der Waals surface area contributed by atoms with E-state index in [-0.39, 0.29) is 23.8 Å². The van der Waals surface area contributed by atoms with Crippen molar-refractivity contribution in [2.45, 2.75) is 44.7 Å². The molecule has 1 saturated heterocycles. The second kappa shape index (κ2) is 14.1. The monoisotopic (exact) mass is 611 g/mol. The maximum atomic E-state index is 14.1. The van der Waals surface area contributed by atoms with Crippen molar-refractivity contribution in [2.75, 3.05) is 11.9 Å². The minimum Gasteiger partial charge on any atom is -0.340 e. The standard InChI is InChI=1S/C38H37N5O3/c1-2-10-34(44)40-31-22-20-27(21-23-31)26-16-18-28(19-17-26)32-25-39-36(41-32)33-15-9-24-43(33)38(46)35(29-11-5-3-6-12-29)42-37(45)30-13-7-4-8-14-30/h3-8,11-14,16-23,25,33,35H,2,9-10,15,24H2,1H3,(H,39,41)(H,40,44)(H,42,45)/t33-,35+/m0/s1. The highest BCUT2D eigenvalue weighted by Gasteiger charge is 2.37. The van der Waals surface area contributed by atoms with Crippen LogP contribution in [0.4, 0.5) is 5.69 Å². The van der Waals surface area contributed by atoms with Gasteiger partial charge < -0.3 is 20.5 Å². The van der Waals surface area contributed by atoms with Gasteiger partial charge in [-0.3, -0.25) is 14.4 Å². The van der Waals surface area contributed by atoms with Gasteiger partial charge in [0.2, 0.25) is 11.8 Å². The average molecular weight is 612 g/mol. The van der Waals surface area contributed by atoms with Gasteiger partial charge in [-0.25, -0.2) is 4.98 Å². The van der Waals surface area contributed by atoms with Crippen molar-refractivity contribution >= 4 is 23.4 Å². The van der Waals surface area contributed by atoms with Gasteiger partial charge in [0.15, 0.2) is 0 Å². The van der Waals surface area contributed by atoms with Crippen LogP contribution < -0.4 is 10.6 Å². The van der Waals surface area contributed by atoms with Crippen molar-refractivity contribution in [3.8, 4) is 22.4 Å². The van der Waals surface area contributed by atoms with E-state index in [0.717, 1.165) is 58.7 Å². The van der Waals surface area contributed by atoms with Crippen LogP contribution >= 0.6 is 0 Å². The average Bonchev–Trinajstić information content (AvgIpc) is 3.79. The number of carbonyl (C=O) groups is 3. The van der Waals surface area contributed by atoms with Crippen molar-refractivity contribution < 1.29 is 14.4 Å². The van der Waals surface area contributed by atoms with E-state index in [1.807, 2.05) is 90.8 Å². The summed E-state index contributed by atoms with van der Waals surface area (Å²) in [5, 5.41) is 5.91. The van der Waals surface area contributed by atoms with Crippen LogP contribution in [-0.4, -0.2) is 39.1 Å². The summed E-state index contributed by atoms with van der Waals surface area (Å²) < 4.78 is 0. The molecule has 0 bridgehead atoms. The molecule has 0 unspecified atom stereocenters. The minimum absolute atomic E-state index is 0.0226. The van der Waals surface area contributed by atoms with Crippen LogP contribution in [0.5, 0.6) is 0 Å². The molecule has 0 radical (unpaired) electrons. The first kappa shape index (κ1) is 30.5. The van der Waals surface area contributed by atoms with Crippen LogP contribution in [0.25, 0.3) is 22.4 Å². The second-order valence-corrected chi connectivity index (χ2v) is 11.5. The van der Waals surface area contributed by atoms with Gasteiger partial charge in [-0.05, 0) is 65.8 Å². The molecule has 4 aromatic carbocycles. The lowest BCUT2D eigenvalue weighted by atomic mass is 10.0. The number of hydrogen-bond acceptors (Lipinski definition) is 4. The second-order valence-electron chi connectivity index (χ2n) is 11.5. The number of benzene rings is 4. The molecule has 0 saturated carbocycles. The molecule has 5 aromatic rings. The van der Waals surface area contributed by atoms with Crippen LogP contribution in [0.1, 0.15) is 66.4 Å². The van der Waals surface area contributed by atoms with E-state index in [9.17, 15) is 14.4 Å². The predicted octanol–water partition coefficient (Wildman–Crippen LogP) is 7.32. The van der Waals surface area contributed by atoms with Gasteiger partial charge in [-0.15, -0.1) is 0 Å². The van der Waals surface area contributed by atoms with Crippen molar-refractivity contribution in [1.29, 1.82) is 0 Å². The number of aromatic nitrogens is 2. The lowest BCUT2D eigenvalue weighted by Gasteiger charge is -2.28. The SMILES string of the molecule is CCCC(=O)Nc1ccc(-c2ccc(-c3cnc([C@@H]4CCCN4C(=O)[C@H](NC(=O)c4ccccc4)c4ccccc4)[nH]3)cc2)cc1. The fourth-order valence-corrected chi connectivity index (χ4v) is 5.91. The van der Waals surface area contributed by atoms with Crippen molar-refractivity contribution in [3.05, 3.63) is 132 Å². The maximum absolute atomic E-state index is 14.1. The van der Waals surface area contributed by atoms with Gasteiger partial charge in [0.05, 0.1) is 17.9 Å². The first-order chi connectivity index (χ1) is 22.5. The number of amides is 3. The van der Waals surface area contributed by atoms with Gasteiger partial charge in [-0.2, -0.15) is 0 Å². The van der Waals surface area contributed by atoms with E-state index >= 15 is 0 Å². The zero-order valence-electron chi connectivity index (χ0n) is 25.8. The summed E-state index contributed by atoms with van der Waals surface area (Å²) in [5.41, 5.74) is 6.00. The highest BCUT2D eigenvalue weighted by atomic mass is 16.2. The zero-order valence-corrected chi connectivity index (χ0v) is 25.8. The molecule has 232 valence electrons. The van der Waals surface area contributed by atoms with E-state index in [0.29, 0.717) is 18.5 Å². The molecule has 46 heavy (non-hydrogen) atoms. The van der Waals surface area contributed by atoms with Crippen LogP contribution in [0.2, 0.25) is 0 Å². The highest BCUT2D eigenvalue weighted by molar-refractivity contribution is 5.98. The Kier molecular flexibility index (Phi) is 9.34. The minimum atomic E-state index is -0.821. The largest absolute Gasteiger partial charge is 0.340 e. The highest BCUT2D eigenvalue weighted by Crippen LogP contribution is 2.34. The number of likely N-dealkylation sites (tertiary alicyclic amines) is 1. The molecule has 0 aliphatic carbocycles. The van der Waals surface area contributed by atoms with Gasteiger partial charge in [0.1, 0.15) is 11.9 Å². The first-order valence-corrected chi connectivity index (χ1v) is 15.8. The van der Waals surface area contributed by atoms with Gasteiger partial charge >= 0.3 is 0 Å². The number of carbonyl (C=O) groups excluding carboxylic acids is 3. The Balaban J connectivity index is 1.17. The molecule has 3 N–H and O–H groups in total. The molecule has 2 heterocycles. The Morgan fingerprint density at radius 2 is 1.48 bits per heavy atom. The molecule has 3 amide bonds. The van der Waals surface area contributed by atoms with Gasteiger partial charge in [-0.1, -0.05) is 91.9 Å². The summed E-state index contributed by atoms with van der Waals surface area (Å²) in [6.45, 7) is 2.57. The fourth-order valence-electron chi connectivity index (χ4n) is 5.91. The molecule has 8 nitrogen and oxygen atoms in total. The zero-order chi connectivity index (χ0) is 31.9. The Morgan fingerprint density at radius 3 is 2.15 bits per heavy atom. The number of nitrogens with zero attached hydrogens (tertiary/aromatic N) is 2. The van der Waals surface area contributed by atoms with Gasteiger partial charge in [0, 0.05) is 24.2 Å². The van der Waals surface area contributed by atoms with E-state index in [1.165, 1.54) is 0 Å². The topological polar surface area (TPSA) is 107 Å². The Morgan fingerprint density at radius 1 is 0.848 bits per heavy atom. The summed E-state index contributed by atoms with van der Waals surface area (Å²) in [4.78, 5) is 49.1. The smallest absolute Gasteiger partial charge is 0.252 e. The number of anilines is 1. The molecule has 6 rings (SSSR count). The first-order valence-electron chi connectivity index (χ1n) is 15.8. The van der Waals surface area contributed by atoms with E-state index < -0.39 is 6.04 Å². The van der Waals surface area contributed by atoms with Crippen molar-refractivity contribution in [1.82, 2.24) is 20.2 Å².